The molecule has 54 heavy (non-hydrogen) atoms. The van der Waals surface area contributed by atoms with Crippen LogP contribution in [-0.4, -0.2) is 26.2 Å². The third kappa shape index (κ3) is 8.58. The summed E-state index contributed by atoms with van der Waals surface area (Å²) in [6, 6.07) is 19.5. The average Bonchev–Trinajstić information content (AvgIpc) is 3.82. The third-order valence-corrected chi connectivity index (χ3v) is 9.56. The van der Waals surface area contributed by atoms with Crippen molar-refractivity contribution in [2.75, 3.05) is 0 Å². The van der Waals surface area contributed by atoms with Crippen molar-refractivity contribution in [2.45, 2.75) is 51.2 Å². The molecule has 0 radical (unpaired) electrons. The summed E-state index contributed by atoms with van der Waals surface area (Å²) >= 11 is 13.1. The van der Waals surface area contributed by atoms with Crippen LogP contribution in [0.5, 0.6) is 11.5 Å². The second-order valence-corrected chi connectivity index (χ2v) is 13.3. The molecule has 2 heterocycles. The number of rotatable bonds is 12. The molecule has 2 N–H and O–H groups in total. The number of benzene rings is 4. The molecule has 0 saturated carbocycles. The second kappa shape index (κ2) is 15.6. The maximum absolute atomic E-state index is 13.6. The summed E-state index contributed by atoms with van der Waals surface area (Å²) in [5.74, 6) is -0.505. The number of hydrogen-bond acceptors (Lipinski definition) is 5. The number of alkyl halides is 6. The first-order valence-electron chi connectivity index (χ1n) is 16.4. The zero-order valence-electron chi connectivity index (χ0n) is 28.4. The Morgan fingerprint density at radius 3 is 1.33 bits per heavy atom. The number of ether oxygens (including phenoxy) is 2. The molecule has 0 fully saturated rings. The Balaban J connectivity index is 1.06. The van der Waals surface area contributed by atoms with Gasteiger partial charge >= 0.3 is 12.4 Å². The Hall–Kier alpha value is -5.27. The van der Waals surface area contributed by atoms with E-state index in [1.54, 1.807) is 50.2 Å². The van der Waals surface area contributed by atoms with Crippen molar-refractivity contribution in [2.24, 2.45) is 0 Å². The second-order valence-electron chi connectivity index (χ2n) is 12.5. The number of aromatic amines is 2. The van der Waals surface area contributed by atoms with Crippen molar-refractivity contribution < 1.29 is 40.6 Å². The van der Waals surface area contributed by atoms with E-state index < -0.39 is 35.3 Å². The standard InChI is InChI=1S/C39H30Cl2F6N4O3/c1-21(25-7-13-33(31(40)15-25)53-19-27-17-48-50-35(27)23-3-9-29(10-4-23)38(42,43)44)37(52)22(2)26-8-14-34(32(41)16-26)54-20-28-18-49-51-36(28)24-5-11-30(12-6-24)39(45,46)47/h3-18,21-22H,19-20H2,1-2H3,(H,48,50)(H,49,51). The number of carbonyl (C=O) groups is 1. The molecule has 0 spiro atoms. The largest absolute Gasteiger partial charge is 0.487 e. The molecule has 0 aliphatic heterocycles. The van der Waals surface area contributed by atoms with Crippen molar-refractivity contribution in [3.63, 3.8) is 0 Å². The average molecular weight is 788 g/mol. The molecule has 0 bridgehead atoms. The van der Waals surface area contributed by atoms with Gasteiger partial charge in [0.15, 0.2) is 0 Å². The Morgan fingerprint density at radius 1 is 0.630 bits per heavy atom. The summed E-state index contributed by atoms with van der Waals surface area (Å²) in [5.41, 5.74) is 3.04. The smallest absolute Gasteiger partial charge is 0.416 e. The quantitative estimate of drug-likeness (QED) is 0.121. The van der Waals surface area contributed by atoms with Gasteiger partial charge in [-0.25, -0.2) is 0 Å². The lowest BCUT2D eigenvalue weighted by Crippen LogP contribution is -2.16. The molecule has 4 aromatic carbocycles. The summed E-state index contributed by atoms with van der Waals surface area (Å²) in [6.07, 6.45) is -5.86. The monoisotopic (exact) mass is 786 g/mol. The van der Waals surface area contributed by atoms with Crippen molar-refractivity contribution in [3.05, 3.63) is 141 Å². The van der Waals surface area contributed by atoms with Gasteiger partial charge in [-0.15, -0.1) is 0 Å². The van der Waals surface area contributed by atoms with Gasteiger partial charge < -0.3 is 9.47 Å². The van der Waals surface area contributed by atoms with E-state index in [9.17, 15) is 31.1 Å². The topological polar surface area (TPSA) is 92.9 Å². The van der Waals surface area contributed by atoms with Gasteiger partial charge in [-0.05, 0) is 70.8 Å². The predicted molar refractivity (Wildman–Crippen MR) is 191 cm³/mol. The Bertz CT molecular complexity index is 2090. The highest BCUT2D eigenvalue weighted by Crippen LogP contribution is 2.37. The molecular weight excluding hydrogens is 757 g/mol. The molecule has 6 aromatic rings. The third-order valence-electron chi connectivity index (χ3n) is 8.97. The molecule has 2 unspecified atom stereocenters. The summed E-state index contributed by atoms with van der Waals surface area (Å²) < 4.78 is 89.8. The van der Waals surface area contributed by atoms with Crippen molar-refractivity contribution in [1.29, 1.82) is 0 Å². The minimum atomic E-state index is -4.45. The van der Waals surface area contributed by atoms with Crippen LogP contribution in [0.15, 0.2) is 97.3 Å². The van der Waals surface area contributed by atoms with Crippen molar-refractivity contribution in [1.82, 2.24) is 20.4 Å². The highest BCUT2D eigenvalue weighted by molar-refractivity contribution is 6.32. The summed E-state index contributed by atoms with van der Waals surface area (Å²) in [5, 5.41) is 14.1. The minimum Gasteiger partial charge on any atom is -0.487 e. The van der Waals surface area contributed by atoms with Crippen molar-refractivity contribution >= 4 is 29.0 Å². The number of aromatic nitrogens is 4. The van der Waals surface area contributed by atoms with E-state index in [4.69, 9.17) is 32.7 Å². The van der Waals surface area contributed by atoms with E-state index in [0.717, 1.165) is 24.3 Å². The fourth-order valence-corrected chi connectivity index (χ4v) is 6.30. The highest BCUT2D eigenvalue weighted by Gasteiger charge is 2.31. The summed E-state index contributed by atoms with van der Waals surface area (Å²) in [6.45, 7) is 3.59. The fraction of sp³-hybridized carbons (Fsp3) is 0.205. The van der Waals surface area contributed by atoms with Crippen LogP contribution in [0.1, 0.15) is 59.1 Å². The van der Waals surface area contributed by atoms with E-state index in [2.05, 4.69) is 20.4 Å². The summed E-state index contributed by atoms with van der Waals surface area (Å²) in [4.78, 5) is 13.6. The van der Waals surface area contributed by atoms with E-state index in [1.165, 1.54) is 36.7 Å². The molecule has 2 aromatic heterocycles. The Labute approximate surface area is 315 Å². The van der Waals surface area contributed by atoms with Gasteiger partial charge in [-0.3, -0.25) is 15.0 Å². The number of H-pyrrole nitrogens is 2. The summed E-state index contributed by atoms with van der Waals surface area (Å²) in [7, 11) is 0. The van der Waals surface area contributed by atoms with Crippen LogP contribution in [0.25, 0.3) is 22.5 Å². The Morgan fingerprint density at radius 2 is 1.00 bits per heavy atom. The minimum absolute atomic E-state index is 0.0281. The van der Waals surface area contributed by atoms with E-state index in [-0.39, 0.29) is 29.0 Å². The van der Waals surface area contributed by atoms with Gasteiger partial charge in [0.05, 0.1) is 45.0 Å². The SMILES string of the molecule is CC(C(=O)C(C)c1ccc(OCc2cn[nH]c2-c2ccc(C(F)(F)F)cc2)c(Cl)c1)c1ccc(OCc2cn[nH]c2-c2ccc(C(F)(F)F)cc2)c(Cl)c1. The molecule has 0 aliphatic rings. The number of nitrogens with zero attached hydrogens (tertiary/aromatic N) is 2. The van der Waals surface area contributed by atoms with Crippen LogP contribution < -0.4 is 9.47 Å². The van der Waals surface area contributed by atoms with E-state index in [0.29, 0.717) is 56.3 Å². The molecular formula is C39H30Cl2F6N4O3. The number of ketones is 1. The van der Waals surface area contributed by atoms with Gasteiger partial charge in [0.2, 0.25) is 0 Å². The van der Waals surface area contributed by atoms with Crippen LogP contribution in [0.2, 0.25) is 10.0 Å². The molecule has 0 saturated heterocycles. The first-order valence-corrected chi connectivity index (χ1v) is 17.1. The molecule has 0 aliphatic carbocycles. The first kappa shape index (κ1) is 38.5. The van der Waals surface area contributed by atoms with Crippen LogP contribution in [-0.2, 0) is 30.4 Å². The lowest BCUT2D eigenvalue weighted by molar-refractivity contribution is -0.138. The zero-order valence-corrected chi connectivity index (χ0v) is 30.0. The number of nitrogens with one attached hydrogen (secondary N) is 2. The maximum Gasteiger partial charge on any atom is 0.416 e. The van der Waals surface area contributed by atoms with Gasteiger partial charge in [0.25, 0.3) is 0 Å². The maximum atomic E-state index is 13.6. The molecule has 280 valence electrons. The van der Waals surface area contributed by atoms with Crippen molar-refractivity contribution in [3.8, 4) is 34.0 Å². The molecule has 2 atom stereocenters. The predicted octanol–water partition coefficient (Wildman–Crippen LogP) is 11.4. The lowest BCUT2D eigenvalue weighted by Gasteiger charge is -2.19. The van der Waals surface area contributed by atoms with Crippen LogP contribution in [0.4, 0.5) is 26.3 Å². The van der Waals surface area contributed by atoms with Gasteiger partial charge in [-0.2, -0.15) is 36.5 Å². The number of carbonyl (C=O) groups excluding carboxylic acids is 1. The van der Waals surface area contributed by atoms with Gasteiger partial charge in [-0.1, -0.05) is 73.4 Å². The van der Waals surface area contributed by atoms with Gasteiger partial charge in [0, 0.05) is 23.0 Å². The lowest BCUT2D eigenvalue weighted by atomic mass is 9.86. The van der Waals surface area contributed by atoms with E-state index in [1.807, 2.05) is 0 Å². The molecule has 15 heteroatoms. The van der Waals surface area contributed by atoms with Crippen LogP contribution in [0.3, 0.4) is 0 Å². The molecule has 0 amide bonds. The first-order chi connectivity index (χ1) is 25.6. The van der Waals surface area contributed by atoms with Gasteiger partial charge in [0.1, 0.15) is 30.5 Å². The number of hydrogen-bond donors (Lipinski definition) is 2. The highest BCUT2D eigenvalue weighted by atomic mass is 35.5. The molecule has 7 nitrogen and oxygen atoms in total. The number of halogens is 8. The molecule has 6 rings (SSSR count). The fourth-order valence-electron chi connectivity index (χ4n) is 5.81. The van der Waals surface area contributed by atoms with E-state index >= 15 is 0 Å². The Kier molecular flexibility index (Phi) is 11.1. The van der Waals surface area contributed by atoms with Crippen LogP contribution >= 0.6 is 23.2 Å². The van der Waals surface area contributed by atoms with Crippen LogP contribution in [0, 0.1) is 0 Å². The normalized spacial score (nSPS) is 13.1. The zero-order chi connectivity index (χ0) is 38.8. The number of Topliss-reactive ketones (excluding diaryl/α,β-unsaturated/α-hetero) is 1.